The van der Waals surface area contributed by atoms with E-state index in [2.05, 4.69) is 20.6 Å². The molecule has 2 N–H and O–H groups in total. The third-order valence-electron chi connectivity index (χ3n) is 3.33. The van der Waals surface area contributed by atoms with Gasteiger partial charge in [-0.1, -0.05) is 0 Å². The normalized spacial score (nSPS) is 18.9. The van der Waals surface area contributed by atoms with Gasteiger partial charge in [0.2, 0.25) is 5.88 Å². The average molecular weight is 250 g/mol. The van der Waals surface area contributed by atoms with Crippen molar-refractivity contribution in [2.24, 2.45) is 5.92 Å². The molecule has 0 aliphatic carbocycles. The van der Waals surface area contributed by atoms with Gasteiger partial charge in [0.05, 0.1) is 12.2 Å². The lowest BCUT2D eigenvalue weighted by atomic mass is 10.1. The predicted octanol–water partition coefficient (Wildman–Crippen LogP) is 1.60. The molecule has 1 atom stereocenters. The van der Waals surface area contributed by atoms with E-state index >= 15 is 0 Å². The van der Waals surface area contributed by atoms with Crippen molar-refractivity contribution in [3.05, 3.63) is 11.9 Å². The quantitative estimate of drug-likeness (QED) is 0.803. The molecular formula is C13H22N4O. The highest BCUT2D eigenvalue weighted by Crippen LogP contribution is 2.20. The molecule has 0 spiro atoms. The van der Waals surface area contributed by atoms with Gasteiger partial charge in [-0.25, -0.2) is 9.97 Å². The molecule has 1 aliphatic rings. The molecule has 1 unspecified atom stereocenters. The number of rotatable bonds is 6. The molecule has 5 heteroatoms. The zero-order chi connectivity index (χ0) is 12.8. The number of nitrogens with one attached hydrogen (secondary N) is 2. The molecule has 1 aromatic rings. The third-order valence-corrected chi connectivity index (χ3v) is 3.33. The molecular weight excluding hydrogens is 228 g/mol. The Balaban J connectivity index is 1.86. The van der Waals surface area contributed by atoms with Crippen molar-refractivity contribution in [3.8, 4) is 5.88 Å². The van der Waals surface area contributed by atoms with Crippen LogP contribution in [0.5, 0.6) is 5.88 Å². The van der Waals surface area contributed by atoms with E-state index in [1.165, 1.54) is 12.8 Å². The Morgan fingerprint density at radius 3 is 3.11 bits per heavy atom. The van der Waals surface area contributed by atoms with Gasteiger partial charge in [0, 0.05) is 6.54 Å². The van der Waals surface area contributed by atoms with Crippen LogP contribution >= 0.6 is 0 Å². The van der Waals surface area contributed by atoms with Crippen molar-refractivity contribution in [2.75, 3.05) is 31.6 Å². The van der Waals surface area contributed by atoms with Crippen LogP contribution in [0.1, 0.15) is 25.3 Å². The minimum atomic E-state index is 0.630. The lowest BCUT2D eigenvalue weighted by Crippen LogP contribution is -2.14. The van der Waals surface area contributed by atoms with Gasteiger partial charge in [0.1, 0.15) is 12.1 Å². The Morgan fingerprint density at radius 1 is 1.50 bits per heavy atom. The maximum atomic E-state index is 5.46. The zero-order valence-electron chi connectivity index (χ0n) is 11.2. The molecule has 0 radical (unpaired) electrons. The highest BCUT2D eigenvalue weighted by Gasteiger charge is 2.14. The van der Waals surface area contributed by atoms with E-state index in [-0.39, 0.29) is 0 Å². The standard InChI is InChI=1S/C13H22N4O/c1-3-18-13-10(2)12(16-9-17-13)15-7-5-11-4-6-14-8-11/h9,11,14H,3-8H2,1-2H3,(H,15,16,17). The SMILES string of the molecule is CCOc1ncnc(NCCC2CCNC2)c1C. The Bertz CT molecular complexity index is 377. The van der Waals surface area contributed by atoms with Crippen LogP contribution in [0.15, 0.2) is 6.33 Å². The maximum absolute atomic E-state index is 5.46. The summed E-state index contributed by atoms with van der Waals surface area (Å²) in [6.45, 7) is 7.84. The van der Waals surface area contributed by atoms with Gasteiger partial charge in [-0.3, -0.25) is 0 Å². The van der Waals surface area contributed by atoms with E-state index in [0.717, 1.165) is 36.9 Å². The first-order chi connectivity index (χ1) is 8.81. The second kappa shape index (κ2) is 6.54. The van der Waals surface area contributed by atoms with Crippen molar-refractivity contribution >= 4 is 5.82 Å². The van der Waals surface area contributed by atoms with E-state index in [0.29, 0.717) is 12.5 Å². The molecule has 100 valence electrons. The summed E-state index contributed by atoms with van der Waals surface area (Å²) in [5, 5.41) is 6.76. The summed E-state index contributed by atoms with van der Waals surface area (Å²) in [4.78, 5) is 8.40. The van der Waals surface area contributed by atoms with E-state index in [4.69, 9.17) is 4.74 Å². The number of anilines is 1. The zero-order valence-corrected chi connectivity index (χ0v) is 11.2. The fourth-order valence-corrected chi connectivity index (χ4v) is 2.25. The van der Waals surface area contributed by atoms with E-state index < -0.39 is 0 Å². The van der Waals surface area contributed by atoms with Crippen LogP contribution in [-0.2, 0) is 0 Å². The highest BCUT2D eigenvalue weighted by molar-refractivity contribution is 5.47. The van der Waals surface area contributed by atoms with Gasteiger partial charge in [-0.05, 0) is 45.7 Å². The van der Waals surface area contributed by atoms with Gasteiger partial charge in [-0.15, -0.1) is 0 Å². The van der Waals surface area contributed by atoms with Crippen LogP contribution < -0.4 is 15.4 Å². The van der Waals surface area contributed by atoms with Crippen molar-refractivity contribution in [3.63, 3.8) is 0 Å². The van der Waals surface area contributed by atoms with Crippen molar-refractivity contribution in [1.29, 1.82) is 0 Å². The first kappa shape index (κ1) is 13.1. The van der Waals surface area contributed by atoms with Gasteiger partial charge in [-0.2, -0.15) is 0 Å². The molecule has 1 fully saturated rings. The average Bonchev–Trinajstić information content (AvgIpc) is 2.87. The first-order valence-electron chi connectivity index (χ1n) is 6.70. The van der Waals surface area contributed by atoms with Crippen LogP contribution in [0.4, 0.5) is 5.82 Å². The molecule has 18 heavy (non-hydrogen) atoms. The molecule has 0 bridgehead atoms. The first-order valence-corrected chi connectivity index (χ1v) is 6.70. The van der Waals surface area contributed by atoms with E-state index in [1.807, 2.05) is 13.8 Å². The van der Waals surface area contributed by atoms with E-state index in [1.54, 1.807) is 6.33 Å². The summed E-state index contributed by atoms with van der Waals surface area (Å²) in [5.74, 6) is 2.36. The second-order valence-corrected chi connectivity index (χ2v) is 4.66. The summed E-state index contributed by atoms with van der Waals surface area (Å²) in [5.41, 5.74) is 0.990. The Hall–Kier alpha value is -1.36. The number of nitrogens with zero attached hydrogens (tertiary/aromatic N) is 2. The summed E-state index contributed by atoms with van der Waals surface area (Å²) in [7, 11) is 0. The minimum absolute atomic E-state index is 0.630. The predicted molar refractivity (Wildman–Crippen MR) is 72.0 cm³/mol. The second-order valence-electron chi connectivity index (χ2n) is 4.66. The Morgan fingerprint density at radius 2 is 2.39 bits per heavy atom. The number of hydrogen-bond donors (Lipinski definition) is 2. The van der Waals surface area contributed by atoms with Gasteiger partial charge < -0.3 is 15.4 Å². The molecule has 1 saturated heterocycles. The van der Waals surface area contributed by atoms with Crippen molar-refractivity contribution in [1.82, 2.24) is 15.3 Å². The molecule has 2 rings (SSSR count). The number of ether oxygens (including phenoxy) is 1. The van der Waals surface area contributed by atoms with Gasteiger partial charge in [0.25, 0.3) is 0 Å². The van der Waals surface area contributed by atoms with Crippen LogP contribution in [0, 0.1) is 12.8 Å². The van der Waals surface area contributed by atoms with Crippen LogP contribution in [0.3, 0.4) is 0 Å². The van der Waals surface area contributed by atoms with E-state index in [9.17, 15) is 0 Å². The fraction of sp³-hybridized carbons (Fsp3) is 0.692. The smallest absolute Gasteiger partial charge is 0.221 e. The summed E-state index contributed by atoms with van der Waals surface area (Å²) < 4.78 is 5.46. The topological polar surface area (TPSA) is 59.1 Å². The molecule has 1 aliphatic heterocycles. The molecule has 0 amide bonds. The fourth-order valence-electron chi connectivity index (χ4n) is 2.25. The highest BCUT2D eigenvalue weighted by atomic mass is 16.5. The lowest BCUT2D eigenvalue weighted by Gasteiger charge is -2.13. The molecule has 1 aromatic heterocycles. The summed E-state index contributed by atoms with van der Waals surface area (Å²) in [6, 6.07) is 0. The third kappa shape index (κ3) is 3.32. The molecule has 0 saturated carbocycles. The van der Waals surface area contributed by atoms with Gasteiger partial charge in [0.15, 0.2) is 0 Å². The monoisotopic (exact) mass is 250 g/mol. The van der Waals surface area contributed by atoms with Crippen molar-refractivity contribution < 1.29 is 4.74 Å². The molecule has 2 heterocycles. The summed E-state index contributed by atoms with van der Waals surface area (Å²) >= 11 is 0. The molecule has 5 nitrogen and oxygen atoms in total. The van der Waals surface area contributed by atoms with Crippen LogP contribution in [0.2, 0.25) is 0 Å². The largest absolute Gasteiger partial charge is 0.478 e. The van der Waals surface area contributed by atoms with Gasteiger partial charge >= 0.3 is 0 Å². The Kier molecular flexibility index (Phi) is 4.75. The number of aromatic nitrogens is 2. The Labute approximate surface area is 108 Å². The molecule has 0 aromatic carbocycles. The van der Waals surface area contributed by atoms with Crippen LogP contribution in [0.25, 0.3) is 0 Å². The minimum Gasteiger partial charge on any atom is -0.478 e. The maximum Gasteiger partial charge on any atom is 0.221 e. The number of hydrogen-bond acceptors (Lipinski definition) is 5. The van der Waals surface area contributed by atoms with Crippen LogP contribution in [-0.4, -0.2) is 36.2 Å². The summed E-state index contributed by atoms with van der Waals surface area (Å²) in [6.07, 6.45) is 4.02. The van der Waals surface area contributed by atoms with Crippen molar-refractivity contribution in [2.45, 2.75) is 26.7 Å². The lowest BCUT2D eigenvalue weighted by molar-refractivity contribution is 0.324.